The van der Waals surface area contributed by atoms with Gasteiger partial charge in [0.2, 0.25) is 0 Å². The zero-order valence-corrected chi connectivity index (χ0v) is 15.0. The molecule has 2 rings (SSSR count). The van der Waals surface area contributed by atoms with E-state index in [1.54, 1.807) is 18.2 Å². The van der Waals surface area contributed by atoms with Gasteiger partial charge in [0.25, 0.3) is 0 Å². The van der Waals surface area contributed by atoms with Gasteiger partial charge in [-0.25, -0.2) is 4.39 Å². The second kappa shape index (κ2) is 8.62. The van der Waals surface area contributed by atoms with Crippen LogP contribution in [0.1, 0.15) is 25.3 Å². The molecule has 0 spiro atoms. The van der Waals surface area contributed by atoms with Gasteiger partial charge in [-0.3, -0.25) is 4.99 Å². The van der Waals surface area contributed by atoms with Crippen molar-refractivity contribution in [1.82, 2.24) is 5.32 Å². The molecule has 0 amide bonds. The fourth-order valence-corrected chi connectivity index (χ4v) is 3.33. The monoisotopic (exact) mass is 368 g/mol. The van der Waals surface area contributed by atoms with Gasteiger partial charge in [-0.2, -0.15) is 13.2 Å². The predicted octanol–water partition coefficient (Wildman–Crippen LogP) is 5.08. The molecule has 6 heteroatoms. The normalized spacial score (nSPS) is 19.8. The molecule has 1 N–H and O–H groups in total. The molecule has 0 bridgehead atoms. The Hall–Kier alpha value is -1.95. The third-order valence-electron chi connectivity index (χ3n) is 4.80. The summed E-state index contributed by atoms with van der Waals surface area (Å²) in [5, 5.41) is 2.58. The summed E-state index contributed by atoms with van der Waals surface area (Å²) in [4.78, 5) is 3.69. The van der Waals surface area contributed by atoms with E-state index in [4.69, 9.17) is 0 Å². The van der Waals surface area contributed by atoms with E-state index in [0.29, 0.717) is 6.42 Å². The van der Waals surface area contributed by atoms with Crippen LogP contribution in [0.15, 0.2) is 52.2 Å². The molecule has 0 radical (unpaired) electrons. The Morgan fingerprint density at radius 3 is 2.54 bits per heavy atom. The lowest BCUT2D eigenvalue weighted by Gasteiger charge is -2.21. The van der Waals surface area contributed by atoms with Crippen molar-refractivity contribution >= 4 is 6.72 Å². The molecule has 0 aromatic heterocycles. The lowest BCUT2D eigenvalue weighted by molar-refractivity contribution is -0.162. The van der Waals surface area contributed by atoms with Crippen LogP contribution < -0.4 is 5.32 Å². The van der Waals surface area contributed by atoms with Crippen molar-refractivity contribution in [3.05, 3.63) is 58.6 Å². The molecule has 2 atom stereocenters. The summed E-state index contributed by atoms with van der Waals surface area (Å²) >= 11 is 0. The van der Waals surface area contributed by atoms with Crippen LogP contribution in [0.25, 0.3) is 0 Å². The molecule has 1 aromatic rings. The first kappa shape index (κ1) is 20.4. The molecular formula is C20H24F4N2. The van der Waals surface area contributed by atoms with Crippen molar-refractivity contribution < 1.29 is 17.6 Å². The average molecular weight is 368 g/mol. The van der Waals surface area contributed by atoms with E-state index in [9.17, 15) is 17.6 Å². The molecule has 1 aromatic carbocycles. The molecule has 2 unspecified atom stereocenters. The minimum atomic E-state index is -4.39. The van der Waals surface area contributed by atoms with Crippen LogP contribution in [0.4, 0.5) is 17.6 Å². The zero-order valence-electron chi connectivity index (χ0n) is 15.0. The maximum atomic E-state index is 13.4. The minimum absolute atomic E-state index is 0.0628. The van der Waals surface area contributed by atoms with E-state index in [1.165, 1.54) is 19.2 Å². The predicted molar refractivity (Wildman–Crippen MR) is 96.6 cm³/mol. The summed E-state index contributed by atoms with van der Waals surface area (Å²) in [6.45, 7) is 5.11. The number of nitrogens with one attached hydrogen (secondary N) is 1. The molecule has 26 heavy (non-hydrogen) atoms. The quantitative estimate of drug-likeness (QED) is 0.527. The van der Waals surface area contributed by atoms with Gasteiger partial charge < -0.3 is 5.32 Å². The highest BCUT2D eigenvalue weighted by molar-refractivity contribution is 5.40. The fraction of sp³-hybridized carbons (Fsp3) is 0.450. The lowest BCUT2D eigenvalue weighted by atomic mass is 9.95. The van der Waals surface area contributed by atoms with E-state index in [1.807, 2.05) is 6.92 Å². The smallest absolute Gasteiger partial charge is 0.319 e. The SMILES string of the molecule is C=N/C(=C\C1=C(Cc2ccc(F)cc2)CCC1C)C(CNC)C(F)(F)F. The van der Waals surface area contributed by atoms with Crippen LogP contribution in [0.3, 0.4) is 0 Å². The van der Waals surface area contributed by atoms with Crippen LogP contribution in [0.5, 0.6) is 0 Å². The first-order chi connectivity index (χ1) is 12.3. The molecule has 1 aliphatic carbocycles. The number of allylic oxidation sites excluding steroid dienone is 3. The van der Waals surface area contributed by atoms with E-state index >= 15 is 0 Å². The van der Waals surface area contributed by atoms with E-state index in [-0.39, 0.29) is 24.0 Å². The van der Waals surface area contributed by atoms with Crippen LogP contribution in [0, 0.1) is 17.7 Å². The summed E-state index contributed by atoms with van der Waals surface area (Å²) in [6.07, 6.45) is -0.537. The van der Waals surface area contributed by atoms with E-state index in [2.05, 4.69) is 17.0 Å². The average Bonchev–Trinajstić information content (AvgIpc) is 2.92. The van der Waals surface area contributed by atoms with Crippen LogP contribution in [-0.4, -0.2) is 26.5 Å². The molecule has 0 aliphatic heterocycles. The van der Waals surface area contributed by atoms with Crippen molar-refractivity contribution in [3.63, 3.8) is 0 Å². The minimum Gasteiger partial charge on any atom is -0.319 e. The lowest BCUT2D eigenvalue weighted by Crippen LogP contribution is -2.33. The largest absolute Gasteiger partial charge is 0.398 e. The Balaban J connectivity index is 2.37. The maximum Gasteiger partial charge on any atom is 0.398 e. The number of aliphatic imine (C=N–C) groups is 1. The van der Waals surface area contributed by atoms with Gasteiger partial charge >= 0.3 is 6.18 Å². The molecular weight excluding hydrogens is 344 g/mol. The number of benzene rings is 1. The third-order valence-corrected chi connectivity index (χ3v) is 4.80. The number of nitrogens with zero attached hydrogens (tertiary/aromatic N) is 1. The maximum absolute atomic E-state index is 13.4. The standard InChI is InChI=1S/C20H24F4N2/c1-13-4-7-15(10-14-5-8-16(21)9-6-14)17(13)11-19(26-3)18(12-25-2)20(22,23)24/h5-6,8-9,11,13,18,25H,3-4,7,10,12H2,1-2H3/b19-11-. The van der Waals surface area contributed by atoms with Gasteiger partial charge in [0.15, 0.2) is 0 Å². The second-order valence-electron chi connectivity index (χ2n) is 6.68. The van der Waals surface area contributed by atoms with E-state index in [0.717, 1.165) is 29.6 Å². The van der Waals surface area contributed by atoms with Crippen molar-refractivity contribution in [1.29, 1.82) is 0 Å². The molecule has 0 saturated carbocycles. The van der Waals surface area contributed by atoms with Crippen molar-refractivity contribution in [3.8, 4) is 0 Å². The number of hydrogen-bond donors (Lipinski definition) is 1. The van der Waals surface area contributed by atoms with Gasteiger partial charge in [-0.05, 0) is 68.3 Å². The zero-order chi connectivity index (χ0) is 19.3. The first-order valence-corrected chi connectivity index (χ1v) is 8.62. The number of hydrogen-bond acceptors (Lipinski definition) is 2. The van der Waals surface area contributed by atoms with Gasteiger partial charge in [0.1, 0.15) is 11.7 Å². The van der Waals surface area contributed by atoms with Gasteiger partial charge in [-0.15, -0.1) is 0 Å². The summed E-state index contributed by atoms with van der Waals surface area (Å²) in [6, 6.07) is 6.21. The Bertz CT molecular complexity index is 687. The Labute approximate surface area is 151 Å². The van der Waals surface area contributed by atoms with Crippen molar-refractivity contribution in [2.75, 3.05) is 13.6 Å². The highest BCUT2D eigenvalue weighted by atomic mass is 19.4. The van der Waals surface area contributed by atoms with Crippen LogP contribution in [-0.2, 0) is 6.42 Å². The summed E-state index contributed by atoms with van der Waals surface area (Å²) in [5.41, 5.74) is 2.85. The Kier molecular flexibility index (Phi) is 6.75. The topological polar surface area (TPSA) is 24.4 Å². The third kappa shape index (κ3) is 5.04. The van der Waals surface area contributed by atoms with Gasteiger partial charge in [0.05, 0.1) is 5.70 Å². The van der Waals surface area contributed by atoms with Gasteiger partial charge in [0, 0.05) is 6.54 Å². The number of rotatable bonds is 7. The molecule has 0 saturated heterocycles. The van der Waals surface area contributed by atoms with Gasteiger partial charge in [-0.1, -0.05) is 24.6 Å². The van der Waals surface area contributed by atoms with Crippen molar-refractivity contribution in [2.45, 2.75) is 32.4 Å². The molecule has 2 nitrogen and oxygen atoms in total. The molecule has 0 heterocycles. The molecule has 0 fully saturated rings. The van der Waals surface area contributed by atoms with Crippen molar-refractivity contribution in [2.24, 2.45) is 16.8 Å². The second-order valence-corrected chi connectivity index (χ2v) is 6.68. The van der Waals surface area contributed by atoms with Crippen LogP contribution >= 0.6 is 0 Å². The highest BCUT2D eigenvalue weighted by Gasteiger charge is 2.41. The fourth-order valence-electron chi connectivity index (χ4n) is 3.33. The van der Waals surface area contributed by atoms with E-state index < -0.39 is 12.1 Å². The molecule has 142 valence electrons. The summed E-state index contributed by atoms with van der Waals surface area (Å²) < 4.78 is 53.2. The summed E-state index contributed by atoms with van der Waals surface area (Å²) in [5.74, 6) is -1.84. The van der Waals surface area contributed by atoms with Crippen LogP contribution in [0.2, 0.25) is 0 Å². The first-order valence-electron chi connectivity index (χ1n) is 8.62. The molecule has 1 aliphatic rings. The highest BCUT2D eigenvalue weighted by Crippen LogP contribution is 2.38. The number of alkyl halides is 3. The Morgan fingerprint density at radius 1 is 1.35 bits per heavy atom. The summed E-state index contributed by atoms with van der Waals surface area (Å²) in [7, 11) is 1.48. The Morgan fingerprint density at radius 2 is 2.00 bits per heavy atom. The number of halogens is 4.